The minimum absolute atomic E-state index is 0.0295. The van der Waals surface area contributed by atoms with Gasteiger partial charge in [0.1, 0.15) is 17.6 Å². The summed E-state index contributed by atoms with van der Waals surface area (Å²) in [5.41, 5.74) is 3.71. The van der Waals surface area contributed by atoms with E-state index in [9.17, 15) is 40.2 Å². The molecule has 2 aliphatic rings. The highest BCUT2D eigenvalue weighted by atomic mass is 16.3. The van der Waals surface area contributed by atoms with Gasteiger partial charge in [-0.1, -0.05) is 86.2 Å². The van der Waals surface area contributed by atoms with Crippen LogP contribution in [0, 0.1) is 6.92 Å². The number of allylic oxidation sites excluding steroid dienone is 1. The first kappa shape index (κ1) is 36.2. The number of rotatable bonds is 9. The van der Waals surface area contributed by atoms with Crippen LogP contribution in [0.1, 0.15) is 77.6 Å². The molecule has 0 heterocycles. The molecular weight excluding hydrogens is 660 g/mol. The first-order valence-corrected chi connectivity index (χ1v) is 17.4. The van der Waals surface area contributed by atoms with Gasteiger partial charge in [0.25, 0.3) is 11.8 Å². The maximum Gasteiger partial charge on any atom is 0.255 e. The molecule has 5 atom stereocenters. The number of carbonyl (C=O) groups is 2. The molecule has 1 unspecified atom stereocenters. The van der Waals surface area contributed by atoms with Gasteiger partial charge in [0.2, 0.25) is 0 Å². The molecule has 0 aliphatic heterocycles. The van der Waals surface area contributed by atoms with E-state index >= 15 is 0 Å². The Hall–Kier alpha value is -5.58. The monoisotopic (exact) mass is 704 g/mol. The predicted molar refractivity (Wildman–Crippen MR) is 199 cm³/mol. The van der Waals surface area contributed by atoms with Crippen LogP contribution in [0.4, 0.5) is 0 Å². The van der Waals surface area contributed by atoms with Gasteiger partial charge in [0.05, 0.1) is 17.2 Å². The number of fused-ring (bicyclic) bond motifs is 1. The van der Waals surface area contributed by atoms with Crippen molar-refractivity contribution in [3.8, 4) is 17.2 Å². The van der Waals surface area contributed by atoms with Crippen molar-refractivity contribution < 1.29 is 40.2 Å². The van der Waals surface area contributed by atoms with E-state index in [2.05, 4.69) is 10.6 Å². The lowest BCUT2D eigenvalue weighted by Gasteiger charge is -2.37. The first-order valence-electron chi connectivity index (χ1n) is 17.4. The van der Waals surface area contributed by atoms with Crippen molar-refractivity contribution in [1.29, 1.82) is 0 Å². The molecule has 4 aromatic carbocycles. The number of aliphatic hydroxyl groups is 3. The van der Waals surface area contributed by atoms with Gasteiger partial charge >= 0.3 is 0 Å². The highest BCUT2D eigenvalue weighted by Crippen LogP contribution is 2.50. The molecule has 2 aliphatic carbocycles. The highest BCUT2D eigenvalue weighted by Gasteiger charge is 2.41. The van der Waals surface area contributed by atoms with E-state index in [0.717, 1.165) is 11.1 Å². The summed E-state index contributed by atoms with van der Waals surface area (Å²) < 4.78 is 0. The Labute approximate surface area is 302 Å². The fraction of sp³-hybridized carbons (Fsp3) is 0.286. The Balaban J connectivity index is 1.32. The molecule has 4 aromatic rings. The number of nitrogens with one attached hydrogen (secondary N) is 2. The molecule has 0 saturated carbocycles. The van der Waals surface area contributed by atoms with Crippen molar-refractivity contribution in [2.75, 3.05) is 13.1 Å². The van der Waals surface area contributed by atoms with Crippen LogP contribution in [0.3, 0.4) is 0 Å². The number of phenolic OH excluding ortho intramolecular Hbond substituents is 3. The smallest absolute Gasteiger partial charge is 0.255 e. The molecule has 6 rings (SSSR count). The molecule has 0 fully saturated rings. The van der Waals surface area contributed by atoms with Gasteiger partial charge in [-0.05, 0) is 65.7 Å². The Bertz CT molecular complexity index is 2140. The van der Waals surface area contributed by atoms with Crippen molar-refractivity contribution in [1.82, 2.24) is 10.6 Å². The lowest BCUT2D eigenvalue weighted by molar-refractivity contribution is -0.117. The fourth-order valence-electron chi connectivity index (χ4n) is 7.45. The van der Waals surface area contributed by atoms with E-state index in [4.69, 9.17) is 0 Å². The summed E-state index contributed by atoms with van der Waals surface area (Å²) >= 11 is 0. The molecule has 52 heavy (non-hydrogen) atoms. The van der Waals surface area contributed by atoms with Crippen LogP contribution in [0.15, 0.2) is 107 Å². The maximum atomic E-state index is 13.6. The van der Waals surface area contributed by atoms with E-state index < -0.39 is 47.2 Å². The lowest BCUT2D eigenvalue weighted by Crippen LogP contribution is -2.37. The zero-order valence-corrected chi connectivity index (χ0v) is 29.5. The maximum absolute atomic E-state index is 13.6. The molecule has 8 N–H and O–H groups in total. The fourth-order valence-corrected chi connectivity index (χ4v) is 7.45. The van der Waals surface area contributed by atoms with E-state index in [1.165, 1.54) is 6.07 Å². The van der Waals surface area contributed by atoms with Crippen molar-refractivity contribution in [3.63, 3.8) is 0 Å². The van der Waals surface area contributed by atoms with Crippen LogP contribution in [-0.2, 0) is 4.79 Å². The van der Waals surface area contributed by atoms with E-state index in [1.54, 1.807) is 26.0 Å². The number of carbonyl (C=O) groups excluding carboxylic acids is 2. The predicted octanol–water partition coefficient (Wildman–Crippen LogP) is 6.00. The second kappa shape index (κ2) is 14.6. The molecule has 10 nitrogen and oxygen atoms in total. The number of aryl methyl sites for hydroxylation is 1. The van der Waals surface area contributed by atoms with Crippen LogP contribution in [0.5, 0.6) is 17.2 Å². The summed E-state index contributed by atoms with van der Waals surface area (Å²) in [5, 5.41) is 73.1. The lowest BCUT2D eigenvalue weighted by atomic mass is 9.71. The largest absolute Gasteiger partial charge is 0.509 e. The summed E-state index contributed by atoms with van der Waals surface area (Å²) in [7, 11) is 0. The average Bonchev–Trinajstić information content (AvgIpc) is 3.13. The number of hydrogen-bond donors (Lipinski definition) is 8. The molecule has 0 bridgehead atoms. The van der Waals surface area contributed by atoms with E-state index in [-0.39, 0.29) is 59.0 Å². The topological polar surface area (TPSA) is 180 Å². The number of aromatic hydroxyl groups is 3. The molecular formula is C42H44N2O8. The van der Waals surface area contributed by atoms with Gasteiger partial charge in [-0.15, -0.1) is 0 Å². The van der Waals surface area contributed by atoms with Crippen molar-refractivity contribution >= 4 is 22.6 Å². The minimum Gasteiger partial charge on any atom is -0.509 e. The quantitative estimate of drug-likeness (QED) is 0.0978. The summed E-state index contributed by atoms with van der Waals surface area (Å²) in [6.45, 7) is 7.87. The molecule has 10 heteroatoms. The Morgan fingerprint density at radius 2 is 1.33 bits per heavy atom. The van der Waals surface area contributed by atoms with Gasteiger partial charge in [0.15, 0.2) is 11.5 Å². The standard InChI is InChI=1S/C42H44N2O8/c1-21-15-27-29(17-31(45)39(49)35(27)41(51)43-19-23(3)25-11-7-5-8-12-25)37(47)33(21)34-22(2)16-28-30(38(34)48)18-32(46)40(50)36(28)42(52)44-20-24(4)26-13-9-6-10-14-26/h5-17,23-24,32,34,38,45-50H,18-20H2,1-4H3,(H,43,51)(H,44,52)/t23-,24+,32+,34-,38?/m0/s1. The third-order valence-corrected chi connectivity index (χ3v) is 10.4. The summed E-state index contributed by atoms with van der Waals surface area (Å²) in [6.07, 6.45) is -1.23. The second-order valence-corrected chi connectivity index (χ2v) is 13.9. The van der Waals surface area contributed by atoms with Gasteiger partial charge in [-0.25, -0.2) is 0 Å². The molecule has 0 saturated heterocycles. The number of benzene rings is 4. The molecule has 0 aromatic heterocycles. The number of phenols is 3. The second-order valence-electron chi connectivity index (χ2n) is 13.9. The summed E-state index contributed by atoms with van der Waals surface area (Å²) in [6, 6.07) is 22.1. The van der Waals surface area contributed by atoms with Gasteiger partial charge in [-0.3, -0.25) is 9.59 Å². The van der Waals surface area contributed by atoms with Crippen LogP contribution in [0.2, 0.25) is 0 Å². The Kier molecular flexibility index (Phi) is 10.2. The first-order chi connectivity index (χ1) is 24.8. The molecule has 270 valence electrons. The van der Waals surface area contributed by atoms with Crippen LogP contribution < -0.4 is 10.6 Å². The van der Waals surface area contributed by atoms with Gasteiger partial charge < -0.3 is 41.3 Å². The minimum atomic E-state index is -1.44. The van der Waals surface area contributed by atoms with Crippen LogP contribution in [0.25, 0.3) is 10.8 Å². The molecule has 0 spiro atoms. The Morgan fingerprint density at radius 1 is 0.769 bits per heavy atom. The molecule has 0 radical (unpaired) electrons. The summed E-state index contributed by atoms with van der Waals surface area (Å²) in [5.74, 6) is -4.17. The number of hydrogen-bond acceptors (Lipinski definition) is 8. The third-order valence-electron chi connectivity index (χ3n) is 10.4. The highest BCUT2D eigenvalue weighted by molar-refractivity contribution is 6.12. The van der Waals surface area contributed by atoms with Crippen molar-refractivity contribution in [2.24, 2.45) is 0 Å². The normalized spacial score (nSPS) is 19.9. The zero-order chi connectivity index (χ0) is 37.4. The number of aliphatic hydroxyl groups excluding tert-OH is 3. The van der Waals surface area contributed by atoms with E-state index in [0.29, 0.717) is 27.8 Å². The SMILES string of the molecule is CC1=CC2=C(C[C@@H](O)C(O)=C2C(=O)NC[C@@H](C)c2ccccc2)C(O)[C@@H]1c1c(C)cc2c(C(=O)NC[C@H](C)c3ccccc3)c(O)c(O)cc2c1O. The van der Waals surface area contributed by atoms with E-state index in [1.807, 2.05) is 74.5 Å². The van der Waals surface area contributed by atoms with Crippen LogP contribution >= 0.6 is 0 Å². The van der Waals surface area contributed by atoms with Crippen LogP contribution in [-0.4, -0.2) is 67.8 Å². The number of amides is 2. The average molecular weight is 705 g/mol. The summed E-state index contributed by atoms with van der Waals surface area (Å²) in [4.78, 5) is 27.1. The third kappa shape index (κ3) is 6.63. The van der Waals surface area contributed by atoms with Crippen molar-refractivity contribution in [3.05, 3.63) is 135 Å². The Morgan fingerprint density at radius 3 is 1.90 bits per heavy atom. The molecule has 2 amide bonds. The van der Waals surface area contributed by atoms with Gasteiger partial charge in [-0.2, -0.15) is 0 Å². The van der Waals surface area contributed by atoms with Crippen molar-refractivity contribution in [2.45, 2.75) is 64.1 Å². The van der Waals surface area contributed by atoms with Gasteiger partial charge in [0, 0.05) is 41.8 Å². The zero-order valence-electron chi connectivity index (χ0n) is 29.5.